The molecule has 0 fully saturated rings. The molecule has 0 radical (unpaired) electrons. The molecule has 15 heavy (non-hydrogen) atoms. The standard InChI is InChI=1S/C13H20O2/c1-5-10(2)7-6-8-11(3)9-12(4)13(14)15/h5,7-8,12H,1,6,9H2,2-4H3,(H,14,15). The highest BCUT2D eigenvalue weighted by Gasteiger charge is 2.10. The van der Waals surface area contributed by atoms with Gasteiger partial charge in [0, 0.05) is 0 Å². The SMILES string of the molecule is C=CC(C)=CCC=C(C)CC(C)C(=O)O. The molecule has 0 aliphatic heterocycles. The van der Waals surface area contributed by atoms with E-state index in [-0.39, 0.29) is 5.92 Å². The Kier molecular flexibility index (Phi) is 6.43. The van der Waals surface area contributed by atoms with Gasteiger partial charge in [0.2, 0.25) is 0 Å². The Labute approximate surface area is 92.0 Å². The Bertz CT molecular complexity index is 285. The van der Waals surface area contributed by atoms with Gasteiger partial charge in [0.25, 0.3) is 0 Å². The average molecular weight is 208 g/mol. The zero-order chi connectivity index (χ0) is 11.8. The van der Waals surface area contributed by atoms with E-state index in [0.29, 0.717) is 6.42 Å². The molecule has 0 spiro atoms. The van der Waals surface area contributed by atoms with Crippen LogP contribution >= 0.6 is 0 Å². The van der Waals surface area contributed by atoms with E-state index in [9.17, 15) is 4.79 Å². The van der Waals surface area contributed by atoms with E-state index in [2.05, 4.69) is 18.7 Å². The minimum Gasteiger partial charge on any atom is -0.481 e. The maximum absolute atomic E-state index is 10.6. The van der Waals surface area contributed by atoms with Crippen LogP contribution in [0.4, 0.5) is 0 Å². The summed E-state index contributed by atoms with van der Waals surface area (Å²) in [5.41, 5.74) is 2.27. The minimum absolute atomic E-state index is 0.300. The third-order valence-corrected chi connectivity index (χ3v) is 2.28. The van der Waals surface area contributed by atoms with Gasteiger partial charge < -0.3 is 5.11 Å². The van der Waals surface area contributed by atoms with Crippen LogP contribution in [0, 0.1) is 5.92 Å². The zero-order valence-corrected chi connectivity index (χ0v) is 9.79. The number of allylic oxidation sites excluding steroid dienone is 5. The van der Waals surface area contributed by atoms with Gasteiger partial charge in [0.1, 0.15) is 0 Å². The first-order valence-corrected chi connectivity index (χ1v) is 5.15. The number of hydrogen-bond acceptors (Lipinski definition) is 1. The molecule has 0 saturated heterocycles. The second kappa shape index (κ2) is 7.04. The van der Waals surface area contributed by atoms with Gasteiger partial charge in [-0.05, 0) is 26.7 Å². The van der Waals surface area contributed by atoms with E-state index in [0.717, 1.165) is 17.6 Å². The van der Waals surface area contributed by atoms with Crippen molar-refractivity contribution in [2.45, 2.75) is 33.6 Å². The first kappa shape index (κ1) is 13.7. The number of carboxylic acid groups (broad SMARTS) is 1. The molecule has 1 atom stereocenters. The molecule has 0 heterocycles. The first-order valence-electron chi connectivity index (χ1n) is 5.15. The van der Waals surface area contributed by atoms with Crippen molar-refractivity contribution < 1.29 is 9.90 Å². The monoisotopic (exact) mass is 208 g/mol. The lowest BCUT2D eigenvalue weighted by Crippen LogP contribution is -2.09. The van der Waals surface area contributed by atoms with Crippen LogP contribution in [0.25, 0.3) is 0 Å². The van der Waals surface area contributed by atoms with Crippen LogP contribution in [0.3, 0.4) is 0 Å². The molecule has 0 saturated carbocycles. The molecule has 84 valence electrons. The highest BCUT2D eigenvalue weighted by atomic mass is 16.4. The van der Waals surface area contributed by atoms with Crippen LogP contribution in [0.15, 0.2) is 36.0 Å². The molecule has 0 bridgehead atoms. The van der Waals surface area contributed by atoms with Crippen LogP contribution in [0.1, 0.15) is 33.6 Å². The summed E-state index contributed by atoms with van der Waals surface area (Å²) in [7, 11) is 0. The van der Waals surface area contributed by atoms with Crippen molar-refractivity contribution in [3.8, 4) is 0 Å². The maximum Gasteiger partial charge on any atom is 0.306 e. The molecule has 0 rings (SSSR count). The quantitative estimate of drug-likeness (QED) is 0.535. The Balaban J connectivity index is 4.10. The van der Waals surface area contributed by atoms with Crippen molar-refractivity contribution in [2.24, 2.45) is 5.92 Å². The zero-order valence-electron chi connectivity index (χ0n) is 9.79. The molecular weight excluding hydrogens is 188 g/mol. The van der Waals surface area contributed by atoms with Gasteiger partial charge in [-0.25, -0.2) is 0 Å². The summed E-state index contributed by atoms with van der Waals surface area (Å²) in [4.78, 5) is 10.6. The Morgan fingerprint density at radius 3 is 2.47 bits per heavy atom. The van der Waals surface area contributed by atoms with E-state index in [1.54, 1.807) is 6.92 Å². The fraction of sp³-hybridized carbons (Fsp3) is 0.462. The first-order chi connectivity index (χ1) is 6.97. The second-order valence-electron chi connectivity index (χ2n) is 3.88. The van der Waals surface area contributed by atoms with Crippen molar-refractivity contribution in [3.05, 3.63) is 36.0 Å². The Hall–Kier alpha value is -1.31. The molecule has 2 nitrogen and oxygen atoms in total. The smallest absolute Gasteiger partial charge is 0.306 e. The molecule has 0 aromatic carbocycles. The Morgan fingerprint density at radius 2 is 2.00 bits per heavy atom. The van der Waals surface area contributed by atoms with Crippen molar-refractivity contribution >= 4 is 5.97 Å². The van der Waals surface area contributed by atoms with Crippen molar-refractivity contribution in [1.82, 2.24) is 0 Å². The number of hydrogen-bond donors (Lipinski definition) is 1. The molecular formula is C13H20O2. The summed E-state index contributed by atoms with van der Waals surface area (Å²) in [5.74, 6) is -1.04. The van der Waals surface area contributed by atoms with Gasteiger partial charge >= 0.3 is 5.97 Å². The summed E-state index contributed by atoms with van der Waals surface area (Å²) in [6.07, 6.45) is 7.41. The molecule has 1 N–H and O–H groups in total. The maximum atomic E-state index is 10.6. The van der Waals surface area contributed by atoms with Crippen molar-refractivity contribution in [1.29, 1.82) is 0 Å². The largest absolute Gasteiger partial charge is 0.481 e. The molecule has 2 heteroatoms. The topological polar surface area (TPSA) is 37.3 Å². The predicted molar refractivity (Wildman–Crippen MR) is 63.7 cm³/mol. The van der Waals surface area contributed by atoms with Gasteiger partial charge in [-0.1, -0.05) is 42.9 Å². The van der Waals surface area contributed by atoms with Crippen LogP contribution in [-0.4, -0.2) is 11.1 Å². The number of rotatable bonds is 6. The number of carbonyl (C=O) groups is 1. The predicted octanol–water partition coefficient (Wildman–Crippen LogP) is 3.57. The number of carboxylic acids is 1. The van der Waals surface area contributed by atoms with Crippen LogP contribution < -0.4 is 0 Å². The molecule has 1 unspecified atom stereocenters. The molecule has 0 aliphatic rings. The highest BCUT2D eigenvalue weighted by Crippen LogP contribution is 2.12. The normalized spacial score (nSPS) is 14.9. The Morgan fingerprint density at radius 1 is 1.40 bits per heavy atom. The summed E-state index contributed by atoms with van der Waals surface area (Å²) in [6, 6.07) is 0. The fourth-order valence-electron chi connectivity index (χ4n) is 1.18. The molecule has 0 aliphatic carbocycles. The summed E-state index contributed by atoms with van der Waals surface area (Å²) in [5, 5.41) is 8.73. The lowest BCUT2D eigenvalue weighted by Gasteiger charge is -2.05. The third kappa shape index (κ3) is 6.72. The van der Waals surface area contributed by atoms with Gasteiger partial charge in [-0.2, -0.15) is 0 Å². The lowest BCUT2D eigenvalue weighted by molar-refractivity contribution is -0.141. The van der Waals surface area contributed by atoms with Crippen molar-refractivity contribution in [2.75, 3.05) is 0 Å². The van der Waals surface area contributed by atoms with E-state index in [4.69, 9.17) is 5.11 Å². The van der Waals surface area contributed by atoms with Crippen LogP contribution in [0.2, 0.25) is 0 Å². The summed E-state index contributed by atoms with van der Waals surface area (Å²) < 4.78 is 0. The lowest BCUT2D eigenvalue weighted by atomic mass is 10.0. The van der Waals surface area contributed by atoms with Crippen LogP contribution in [-0.2, 0) is 4.79 Å². The van der Waals surface area contributed by atoms with Gasteiger partial charge in [-0.15, -0.1) is 0 Å². The van der Waals surface area contributed by atoms with Gasteiger partial charge in [0.05, 0.1) is 5.92 Å². The summed E-state index contributed by atoms with van der Waals surface area (Å²) in [6.45, 7) is 9.35. The highest BCUT2D eigenvalue weighted by molar-refractivity contribution is 5.69. The van der Waals surface area contributed by atoms with Crippen molar-refractivity contribution in [3.63, 3.8) is 0 Å². The van der Waals surface area contributed by atoms with Crippen LogP contribution in [0.5, 0.6) is 0 Å². The third-order valence-electron chi connectivity index (χ3n) is 2.28. The molecule has 0 aromatic heterocycles. The molecule has 0 aromatic rings. The summed E-state index contributed by atoms with van der Waals surface area (Å²) >= 11 is 0. The van der Waals surface area contributed by atoms with E-state index in [1.165, 1.54) is 0 Å². The van der Waals surface area contributed by atoms with E-state index in [1.807, 2.05) is 19.9 Å². The fourth-order valence-corrected chi connectivity index (χ4v) is 1.18. The minimum atomic E-state index is -0.736. The van der Waals surface area contributed by atoms with E-state index >= 15 is 0 Å². The van der Waals surface area contributed by atoms with Gasteiger partial charge in [0.15, 0.2) is 0 Å². The average Bonchev–Trinajstić information content (AvgIpc) is 2.17. The molecule has 0 amide bonds. The van der Waals surface area contributed by atoms with E-state index < -0.39 is 5.97 Å². The second-order valence-corrected chi connectivity index (χ2v) is 3.88. The van der Waals surface area contributed by atoms with Gasteiger partial charge in [-0.3, -0.25) is 4.79 Å². The number of aliphatic carboxylic acids is 1.